The minimum atomic E-state index is 0.107. The number of benzene rings is 1. The molecule has 1 N–H and O–H groups in total. The Bertz CT molecular complexity index is 470. The van der Waals surface area contributed by atoms with E-state index in [0.717, 1.165) is 16.6 Å². The molecule has 0 saturated heterocycles. The normalized spacial score (nSPS) is 12.3. The van der Waals surface area contributed by atoms with Gasteiger partial charge in [0.2, 0.25) is 0 Å². The molecule has 0 bridgehead atoms. The molecule has 0 radical (unpaired) electrons. The number of rotatable bonds is 6. The van der Waals surface area contributed by atoms with Crippen molar-refractivity contribution >= 4 is 16.5 Å². The van der Waals surface area contributed by atoms with Crippen LogP contribution in [0.15, 0.2) is 36.5 Å². The van der Waals surface area contributed by atoms with E-state index in [1.807, 2.05) is 24.4 Å². The molecule has 0 aliphatic rings. The summed E-state index contributed by atoms with van der Waals surface area (Å²) in [6.07, 6.45) is 1.98. The van der Waals surface area contributed by atoms with Crippen molar-refractivity contribution in [3.05, 3.63) is 47.0 Å². The lowest BCUT2D eigenvalue weighted by Crippen LogP contribution is -1.99. The van der Waals surface area contributed by atoms with Gasteiger partial charge >= 0.3 is 0 Å². The molecule has 1 aromatic heterocycles. The maximum Gasteiger partial charge on any atom is 0.182 e. The van der Waals surface area contributed by atoms with Gasteiger partial charge in [0, 0.05) is 12.7 Å². The number of hydrogen-bond acceptors (Lipinski definition) is 4. The molecule has 0 spiro atoms. The van der Waals surface area contributed by atoms with Crippen LogP contribution < -0.4 is 5.32 Å². The summed E-state index contributed by atoms with van der Waals surface area (Å²) in [4.78, 5) is 5.43. The van der Waals surface area contributed by atoms with Crippen LogP contribution in [0.3, 0.4) is 0 Å². The predicted octanol–water partition coefficient (Wildman–Crippen LogP) is 3.85. The predicted molar refractivity (Wildman–Crippen MR) is 75.9 cm³/mol. The number of aromatic nitrogens is 1. The number of thiazole rings is 1. The van der Waals surface area contributed by atoms with Gasteiger partial charge in [-0.1, -0.05) is 41.7 Å². The first-order valence-electron chi connectivity index (χ1n) is 6.14. The third-order valence-electron chi connectivity index (χ3n) is 2.63. The molecule has 0 aliphatic carbocycles. The Kier molecular flexibility index (Phi) is 4.73. The van der Waals surface area contributed by atoms with Crippen LogP contribution in [-0.2, 0) is 11.3 Å². The maximum atomic E-state index is 5.85. The average Bonchev–Trinajstić information content (AvgIpc) is 2.85. The maximum absolute atomic E-state index is 5.85. The molecule has 18 heavy (non-hydrogen) atoms. The van der Waals surface area contributed by atoms with E-state index in [1.54, 1.807) is 11.3 Å². The Labute approximate surface area is 112 Å². The SMILES string of the molecule is CCNc1ncc(COC(C)c2ccccc2)s1. The van der Waals surface area contributed by atoms with Crippen LogP contribution in [0.4, 0.5) is 5.13 Å². The lowest BCUT2D eigenvalue weighted by Gasteiger charge is -2.12. The first-order chi connectivity index (χ1) is 8.79. The van der Waals surface area contributed by atoms with Crippen LogP contribution in [0.1, 0.15) is 30.4 Å². The summed E-state index contributed by atoms with van der Waals surface area (Å²) < 4.78 is 5.85. The van der Waals surface area contributed by atoms with Crippen LogP contribution in [0, 0.1) is 0 Å². The van der Waals surface area contributed by atoms with Crippen LogP contribution in [-0.4, -0.2) is 11.5 Å². The fourth-order valence-corrected chi connectivity index (χ4v) is 2.44. The summed E-state index contributed by atoms with van der Waals surface area (Å²) >= 11 is 1.65. The Morgan fingerprint density at radius 1 is 1.33 bits per heavy atom. The van der Waals surface area contributed by atoms with E-state index < -0.39 is 0 Å². The summed E-state index contributed by atoms with van der Waals surface area (Å²) in [5.74, 6) is 0. The molecular formula is C14H18N2OS. The lowest BCUT2D eigenvalue weighted by atomic mass is 10.1. The summed E-state index contributed by atoms with van der Waals surface area (Å²) in [7, 11) is 0. The highest BCUT2D eigenvalue weighted by molar-refractivity contribution is 7.15. The topological polar surface area (TPSA) is 34.2 Å². The van der Waals surface area contributed by atoms with E-state index in [1.165, 1.54) is 5.56 Å². The molecule has 0 fully saturated rings. The number of ether oxygens (including phenoxy) is 1. The highest BCUT2D eigenvalue weighted by atomic mass is 32.1. The second kappa shape index (κ2) is 6.52. The first kappa shape index (κ1) is 13.1. The third-order valence-corrected chi connectivity index (χ3v) is 3.55. The Balaban J connectivity index is 1.87. The van der Waals surface area contributed by atoms with E-state index in [-0.39, 0.29) is 6.10 Å². The van der Waals surface area contributed by atoms with E-state index in [0.29, 0.717) is 6.61 Å². The molecule has 2 aromatic rings. The zero-order chi connectivity index (χ0) is 12.8. The van der Waals surface area contributed by atoms with Crippen molar-refractivity contribution in [2.75, 3.05) is 11.9 Å². The van der Waals surface area contributed by atoms with Crippen molar-refractivity contribution in [2.24, 2.45) is 0 Å². The fraction of sp³-hybridized carbons (Fsp3) is 0.357. The van der Waals surface area contributed by atoms with Crippen LogP contribution in [0.2, 0.25) is 0 Å². The average molecular weight is 262 g/mol. The number of nitrogens with zero attached hydrogens (tertiary/aromatic N) is 1. The lowest BCUT2D eigenvalue weighted by molar-refractivity contribution is 0.0541. The van der Waals surface area contributed by atoms with Crippen LogP contribution in [0.5, 0.6) is 0 Å². The molecule has 0 amide bonds. The number of anilines is 1. The minimum Gasteiger partial charge on any atom is -0.368 e. The van der Waals surface area contributed by atoms with Crippen molar-refractivity contribution < 1.29 is 4.74 Å². The number of nitrogens with one attached hydrogen (secondary N) is 1. The van der Waals surface area contributed by atoms with Crippen molar-refractivity contribution in [1.29, 1.82) is 0 Å². The van der Waals surface area contributed by atoms with Gasteiger partial charge in [-0.25, -0.2) is 4.98 Å². The monoisotopic (exact) mass is 262 g/mol. The quantitative estimate of drug-likeness (QED) is 0.858. The zero-order valence-electron chi connectivity index (χ0n) is 10.7. The van der Waals surface area contributed by atoms with Gasteiger partial charge in [-0.3, -0.25) is 0 Å². The van der Waals surface area contributed by atoms with Crippen molar-refractivity contribution in [3.63, 3.8) is 0 Å². The standard InChI is InChI=1S/C14H18N2OS/c1-3-15-14-16-9-13(18-14)10-17-11(2)12-7-5-4-6-8-12/h4-9,11H,3,10H2,1-2H3,(H,15,16). The molecule has 1 unspecified atom stereocenters. The third kappa shape index (κ3) is 3.55. The Morgan fingerprint density at radius 3 is 2.83 bits per heavy atom. The van der Waals surface area contributed by atoms with Gasteiger partial charge in [0.1, 0.15) is 0 Å². The molecule has 2 rings (SSSR count). The Hall–Kier alpha value is -1.39. The molecular weight excluding hydrogens is 244 g/mol. The van der Waals surface area contributed by atoms with Gasteiger partial charge in [-0.15, -0.1) is 0 Å². The van der Waals surface area contributed by atoms with Gasteiger partial charge in [-0.2, -0.15) is 0 Å². The van der Waals surface area contributed by atoms with Gasteiger partial charge < -0.3 is 10.1 Å². The van der Waals surface area contributed by atoms with Crippen LogP contribution >= 0.6 is 11.3 Å². The highest BCUT2D eigenvalue weighted by Crippen LogP contribution is 2.22. The van der Waals surface area contributed by atoms with E-state index in [9.17, 15) is 0 Å². The molecule has 3 nitrogen and oxygen atoms in total. The molecule has 0 saturated carbocycles. The van der Waals surface area contributed by atoms with Gasteiger partial charge in [0.15, 0.2) is 5.13 Å². The molecule has 4 heteroatoms. The fourth-order valence-electron chi connectivity index (χ4n) is 1.63. The van der Waals surface area contributed by atoms with Gasteiger partial charge in [-0.05, 0) is 19.4 Å². The van der Waals surface area contributed by atoms with Crippen LogP contribution in [0.25, 0.3) is 0 Å². The summed E-state index contributed by atoms with van der Waals surface area (Å²) in [5.41, 5.74) is 1.20. The van der Waals surface area contributed by atoms with Crippen molar-refractivity contribution in [2.45, 2.75) is 26.6 Å². The molecule has 1 atom stereocenters. The van der Waals surface area contributed by atoms with Crippen molar-refractivity contribution in [3.8, 4) is 0 Å². The highest BCUT2D eigenvalue weighted by Gasteiger charge is 2.07. The zero-order valence-corrected chi connectivity index (χ0v) is 11.5. The smallest absolute Gasteiger partial charge is 0.182 e. The van der Waals surface area contributed by atoms with E-state index in [4.69, 9.17) is 4.74 Å². The molecule has 0 aliphatic heterocycles. The van der Waals surface area contributed by atoms with Gasteiger partial charge in [0.05, 0.1) is 17.6 Å². The number of hydrogen-bond donors (Lipinski definition) is 1. The van der Waals surface area contributed by atoms with E-state index >= 15 is 0 Å². The summed E-state index contributed by atoms with van der Waals surface area (Å²) in [6.45, 7) is 5.64. The first-order valence-corrected chi connectivity index (χ1v) is 6.96. The van der Waals surface area contributed by atoms with Gasteiger partial charge in [0.25, 0.3) is 0 Å². The second-order valence-electron chi connectivity index (χ2n) is 4.03. The van der Waals surface area contributed by atoms with E-state index in [2.05, 4.69) is 36.3 Å². The molecule has 96 valence electrons. The second-order valence-corrected chi connectivity index (χ2v) is 5.14. The van der Waals surface area contributed by atoms with Crippen molar-refractivity contribution in [1.82, 2.24) is 4.98 Å². The largest absolute Gasteiger partial charge is 0.368 e. The molecule has 1 aromatic carbocycles. The Morgan fingerprint density at radius 2 is 2.11 bits per heavy atom. The molecule has 1 heterocycles. The summed E-state index contributed by atoms with van der Waals surface area (Å²) in [6, 6.07) is 10.3. The minimum absolute atomic E-state index is 0.107. The summed E-state index contributed by atoms with van der Waals surface area (Å²) in [5, 5.41) is 4.16.